The standard InChI is InChI=1S/C34H31FN2O3/c1-21-12-13-26(18-22(21)2)29(20-38)31(23-14-16-27(35)17-15-23)34(40)37-33-30(39)19-25-10-6-7-11-28(25)32(36-33)24-8-4-3-5-9-24/h3-18,29,31,33,38H,19-20H2,1-2H3,(H,37,40)/t29-,31?,33+/m0/s1. The highest BCUT2D eigenvalue weighted by Crippen LogP contribution is 2.34. The zero-order chi connectivity index (χ0) is 28.2. The molecule has 0 saturated carbocycles. The van der Waals surface area contributed by atoms with Gasteiger partial charge in [0, 0.05) is 23.5 Å². The van der Waals surface area contributed by atoms with Crippen LogP contribution in [0, 0.1) is 19.7 Å². The van der Waals surface area contributed by atoms with Crippen LogP contribution in [0.3, 0.4) is 0 Å². The maximum atomic E-state index is 14.1. The molecule has 4 aromatic carbocycles. The van der Waals surface area contributed by atoms with Crippen LogP contribution >= 0.6 is 0 Å². The Kier molecular flexibility index (Phi) is 7.99. The number of ketones is 1. The first kappa shape index (κ1) is 27.2. The molecule has 202 valence electrons. The van der Waals surface area contributed by atoms with Crippen molar-refractivity contribution in [1.29, 1.82) is 0 Å². The van der Waals surface area contributed by atoms with E-state index in [4.69, 9.17) is 4.99 Å². The quantitative estimate of drug-likeness (QED) is 0.333. The van der Waals surface area contributed by atoms with Crippen molar-refractivity contribution < 1.29 is 19.1 Å². The smallest absolute Gasteiger partial charge is 0.230 e. The number of amides is 1. The van der Waals surface area contributed by atoms with Crippen molar-refractivity contribution in [3.63, 3.8) is 0 Å². The summed E-state index contributed by atoms with van der Waals surface area (Å²) in [6.45, 7) is 3.65. The number of nitrogens with one attached hydrogen (secondary N) is 1. The average Bonchev–Trinajstić information content (AvgIpc) is 3.10. The van der Waals surface area contributed by atoms with Gasteiger partial charge in [0.2, 0.25) is 5.91 Å². The van der Waals surface area contributed by atoms with Crippen molar-refractivity contribution in [3.05, 3.63) is 142 Å². The van der Waals surface area contributed by atoms with E-state index in [0.717, 1.165) is 33.4 Å². The number of carbonyl (C=O) groups excluding carboxylic acids is 2. The maximum absolute atomic E-state index is 14.1. The van der Waals surface area contributed by atoms with E-state index in [9.17, 15) is 19.1 Å². The largest absolute Gasteiger partial charge is 0.396 e. The molecule has 1 aliphatic heterocycles. The number of rotatable bonds is 7. The first-order chi connectivity index (χ1) is 19.4. The van der Waals surface area contributed by atoms with E-state index in [1.807, 2.05) is 86.6 Å². The molecule has 0 aromatic heterocycles. The number of benzene rings is 4. The molecule has 1 unspecified atom stereocenters. The van der Waals surface area contributed by atoms with Crippen LogP contribution in [-0.2, 0) is 16.0 Å². The highest BCUT2D eigenvalue weighted by Gasteiger charge is 2.35. The van der Waals surface area contributed by atoms with E-state index in [1.54, 1.807) is 12.1 Å². The molecule has 5 rings (SSSR count). The minimum atomic E-state index is -1.13. The molecule has 0 saturated heterocycles. The van der Waals surface area contributed by atoms with Gasteiger partial charge in [0.05, 0.1) is 18.2 Å². The zero-order valence-corrected chi connectivity index (χ0v) is 22.5. The summed E-state index contributed by atoms with van der Waals surface area (Å²) in [5.74, 6) is -2.65. The molecule has 0 bridgehead atoms. The molecular weight excluding hydrogens is 503 g/mol. The fourth-order valence-corrected chi connectivity index (χ4v) is 5.26. The van der Waals surface area contributed by atoms with Crippen LogP contribution in [0.5, 0.6) is 0 Å². The SMILES string of the molecule is Cc1ccc([C@H](CO)C(C(=O)N[C@H]2N=C(c3ccccc3)c3ccccc3CC2=O)c2ccc(F)cc2)cc1C. The molecule has 0 spiro atoms. The Morgan fingerprint density at radius 2 is 1.60 bits per heavy atom. The summed E-state index contributed by atoms with van der Waals surface area (Å²) in [6, 6.07) is 28.7. The number of hydrogen-bond acceptors (Lipinski definition) is 4. The van der Waals surface area contributed by atoms with Crippen molar-refractivity contribution >= 4 is 17.4 Å². The molecule has 3 atom stereocenters. The van der Waals surface area contributed by atoms with E-state index >= 15 is 0 Å². The van der Waals surface area contributed by atoms with Crippen LogP contribution in [0.1, 0.15) is 50.8 Å². The molecule has 5 nitrogen and oxygen atoms in total. The molecule has 0 aliphatic carbocycles. The van der Waals surface area contributed by atoms with Crippen LogP contribution in [0.25, 0.3) is 0 Å². The topological polar surface area (TPSA) is 78.8 Å². The molecule has 2 N–H and O–H groups in total. The summed E-state index contributed by atoms with van der Waals surface area (Å²) in [5.41, 5.74) is 6.58. The monoisotopic (exact) mass is 534 g/mol. The van der Waals surface area contributed by atoms with Gasteiger partial charge in [-0.25, -0.2) is 4.39 Å². The molecule has 0 fully saturated rings. The van der Waals surface area contributed by atoms with E-state index in [1.165, 1.54) is 12.1 Å². The number of aliphatic hydroxyl groups is 1. The van der Waals surface area contributed by atoms with Gasteiger partial charge in [0.1, 0.15) is 5.82 Å². The van der Waals surface area contributed by atoms with Gasteiger partial charge in [-0.05, 0) is 53.8 Å². The maximum Gasteiger partial charge on any atom is 0.230 e. The minimum absolute atomic E-state index is 0.114. The number of aryl methyl sites for hydroxylation is 2. The lowest BCUT2D eigenvalue weighted by molar-refractivity contribution is -0.128. The molecule has 6 heteroatoms. The van der Waals surface area contributed by atoms with Crippen LogP contribution in [-0.4, -0.2) is 35.3 Å². The second-order valence-electron chi connectivity index (χ2n) is 10.2. The lowest BCUT2D eigenvalue weighted by Crippen LogP contribution is -2.44. The molecule has 1 heterocycles. The number of halogens is 1. The van der Waals surface area contributed by atoms with E-state index in [2.05, 4.69) is 5.32 Å². The highest BCUT2D eigenvalue weighted by atomic mass is 19.1. The number of hydrogen-bond donors (Lipinski definition) is 2. The normalized spacial score (nSPS) is 16.4. The number of aliphatic hydroxyl groups excluding tert-OH is 1. The number of carbonyl (C=O) groups is 2. The Balaban J connectivity index is 1.55. The third kappa shape index (κ3) is 5.63. The molecule has 4 aromatic rings. The van der Waals surface area contributed by atoms with Crippen LogP contribution in [0.2, 0.25) is 0 Å². The van der Waals surface area contributed by atoms with Gasteiger partial charge in [-0.3, -0.25) is 14.6 Å². The second-order valence-corrected chi connectivity index (χ2v) is 10.2. The predicted octanol–water partition coefficient (Wildman–Crippen LogP) is 5.41. The van der Waals surface area contributed by atoms with Gasteiger partial charge in [-0.15, -0.1) is 0 Å². The molecular formula is C34H31FN2O3. The van der Waals surface area contributed by atoms with Crippen LogP contribution in [0.4, 0.5) is 4.39 Å². The Morgan fingerprint density at radius 1 is 0.925 bits per heavy atom. The lowest BCUT2D eigenvalue weighted by atomic mass is 9.80. The first-order valence-electron chi connectivity index (χ1n) is 13.3. The second kappa shape index (κ2) is 11.8. The van der Waals surface area contributed by atoms with Crippen molar-refractivity contribution in [3.8, 4) is 0 Å². The van der Waals surface area contributed by atoms with Crippen LogP contribution < -0.4 is 5.32 Å². The van der Waals surface area contributed by atoms with Gasteiger partial charge in [0.15, 0.2) is 11.9 Å². The molecule has 0 radical (unpaired) electrons. The zero-order valence-electron chi connectivity index (χ0n) is 22.5. The number of fused-ring (bicyclic) bond motifs is 1. The van der Waals surface area contributed by atoms with Gasteiger partial charge < -0.3 is 10.4 Å². The third-order valence-electron chi connectivity index (χ3n) is 7.60. The van der Waals surface area contributed by atoms with E-state index < -0.39 is 29.7 Å². The van der Waals surface area contributed by atoms with E-state index in [-0.39, 0.29) is 18.8 Å². The number of nitrogens with zero attached hydrogens (tertiary/aromatic N) is 1. The minimum Gasteiger partial charge on any atom is -0.396 e. The Labute approximate surface area is 233 Å². The van der Waals surface area contributed by atoms with Gasteiger partial charge in [-0.1, -0.05) is 84.9 Å². The molecule has 1 aliphatic rings. The number of Topliss-reactive ketones (excluding diaryl/α,β-unsaturated/α-hetero) is 1. The van der Waals surface area contributed by atoms with Crippen LogP contribution in [0.15, 0.2) is 102 Å². The molecule has 1 amide bonds. The lowest BCUT2D eigenvalue weighted by Gasteiger charge is -2.27. The van der Waals surface area contributed by atoms with Crippen molar-refractivity contribution in [1.82, 2.24) is 5.32 Å². The van der Waals surface area contributed by atoms with Crippen molar-refractivity contribution in [2.24, 2.45) is 4.99 Å². The fraction of sp³-hybridized carbons (Fsp3) is 0.206. The predicted molar refractivity (Wildman–Crippen MR) is 154 cm³/mol. The van der Waals surface area contributed by atoms with Crippen molar-refractivity contribution in [2.75, 3.05) is 6.61 Å². The van der Waals surface area contributed by atoms with Crippen molar-refractivity contribution in [2.45, 2.75) is 38.3 Å². The highest BCUT2D eigenvalue weighted by molar-refractivity contribution is 6.16. The Morgan fingerprint density at radius 3 is 2.30 bits per heavy atom. The summed E-state index contributed by atoms with van der Waals surface area (Å²) in [5, 5.41) is 13.4. The van der Waals surface area contributed by atoms with Gasteiger partial charge in [0.25, 0.3) is 0 Å². The Hall–Kier alpha value is -4.42. The third-order valence-corrected chi connectivity index (χ3v) is 7.60. The van der Waals surface area contributed by atoms with E-state index in [0.29, 0.717) is 11.3 Å². The average molecular weight is 535 g/mol. The number of aliphatic imine (C=N–C) groups is 1. The first-order valence-corrected chi connectivity index (χ1v) is 13.3. The summed E-state index contributed by atoms with van der Waals surface area (Å²) < 4.78 is 13.8. The fourth-order valence-electron chi connectivity index (χ4n) is 5.26. The van der Waals surface area contributed by atoms with Gasteiger partial charge >= 0.3 is 0 Å². The summed E-state index contributed by atoms with van der Waals surface area (Å²) in [4.78, 5) is 32.3. The van der Waals surface area contributed by atoms with Gasteiger partial charge in [-0.2, -0.15) is 0 Å². The summed E-state index contributed by atoms with van der Waals surface area (Å²) in [6.07, 6.45) is -1.01. The Bertz CT molecular complexity index is 1560. The molecule has 40 heavy (non-hydrogen) atoms. The summed E-state index contributed by atoms with van der Waals surface area (Å²) in [7, 11) is 0. The summed E-state index contributed by atoms with van der Waals surface area (Å²) >= 11 is 0.